The molecule has 0 heterocycles. The first-order valence-electron chi connectivity index (χ1n) is 17.2. The predicted molar refractivity (Wildman–Crippen MR) is 196 cm³/mol. The Morgan fingerprint density at radius 1 is 0.750 bits per heavy atom. The molecule has 0 fully saturated rings. The van der Waals surface area contributed by atoms with E-state index >= 15 is 0 Å². The number of amides is 3. The number of carbonyl (C=O) groups is 4. The highest BCUT2D eigenvalue weighted by Crippen LogP contribution is 2.17. The molecule has 0 aliphatic carbocycles. The number of aliphatic hydroxyl groups is 1. The summed E-state index contributed by atoms with van der Waals surface area (Å²) in [6.45, 7) is 8.11. The van der Waals surface area contributed by atoms with Crippen molar-refractivity contribution in [3.05, 3.63) is 127 Å². The normalized spacial score (nSPS) is 12.3. The average Bonchev–Trinajstić information content (AvgIpc) is 3.16. The number of alkyl carbamates (subject to hydrolysis) is 1. The highest BCUT2D eigenvalue weighted by Gasteiger charge is 2.27. The lowest BCUT2D eigenvalue weighted by Crippen LogP contribution is -2.46. The maximum atomic E-state index is 13.5. The van der Waals surface area contributed by atoms with Gasteiger partial charge in [-0.1, -0.05) is 84.9 Å². The van der Waals surface area contributed by atoms with E-state index in [1.54, 1.807) is 6.08 Å². The van der Waals surface area contributed by atoms with Gasteiger partial charge in [-0.05, 0) is 48.1 Å². The molecule has 4 N–H and O–H groups in total. The number of ether oxygens (including phenoxy) is 4. The maximum Gasteiger partial charge on any atom is 0.408 e. The Kier molecular flexibility index (Phi) is 18.8. The van der Waals surface area contributed by atoms with E-state index in [2.05, 4.69) is 29.1 Å². The Morgan fingerprint density at radius 3 is 2.04 bits per heavy atom. The molecule has 0 bridgehead atoms. The van der Waals surface area contributed by atoms with Crippen LogP contribution in [0.4, 0.5) is 4.79 Å². The average molecular weight is 716 g/mol. The second-order valence-electron chi connectivity index (χ2n) is 11.9. The quantitative estimate of drug-likeness (QED) is 0.0598. The number of carbonyl (C=O) groups excluding carboxylic acids is 4. The molecule has 3 aromatic rings. The number of rotatable bonds is 24. The zero-order chi connectivity index (χ0) is 37.4. The summed E-state index contributed by atoms with van der Waals surface area (Å²) in [5.41, 5.74) is 2.65. The van der Waals surface area contributed by atoms with Crippen molar-refractivity contribution in [2.24, 2.45) is 5.92 Å². The Hall–Kier alpha value is -5.46. The topological polar surface area (TPSA) is 162 Å². The van der Waals surface area contributed by atoms with Gasteiger partial charge in [0.05, 0.1) is 31.8 Å². The maximum absolute atomic E-state index is 13.5. The third-order valence-corrected chi connectivity index (χ3v) is 7.68. The monoisotopic (exact) mass is 715 g/mol. The molecule has 0 radical (unpaired) electrons. The molecule has 0 saturated carbocycles. The molecule has 52 heavy (non-hydrogen) atoms. The Balaban J connectivity index is 1.66. The van der Waals surface area contributed by atoms with Crippen molar-refractivity contribution < 1.29 is 43.2 Å². The Bertz CT molecular complexity index is 1530. The van der Waals surface area contributed by atoms with Gasteiger partial charge in [0, 0.05) is 13.0 Å². The smallest absolute Gasteiger partial charge is 0.408 e. The molecular weight excluding hydrogens is 666 g/mol. The molecule has 0 unspecified atom stereocenters. The van der Waals surface area contributed by atoms with Gasteiger partial charge in [0.1, 0.15) is 31.6 Å². The standard InChI is InChI=1S/C40H49N3O9/c1-3-11-33(26-37(45)41-21-23-49-24-22-44)38(46)42-34(25-30-17-19-35(20-18-30)50-27-31-13-7-5-8-14-31)29-51-39(47)36(12-4-2)43-40(48)52-28-32-15-9-6-10-16-32/h3-10,13-20,33-34,36,44H,1-2,11-12,21-29H2,(H,41,45)(H,42,46)(H,43,48)/t33-,34+,36-/m1/s1. The minimum Gasteiger partial charge on any atom is -0.489 e. The molecule has 278 valence electrons. The van der Waals surface area contributed by atoms with Gasteiger partial charge in [0.25, 0.3) is 0 Å². The predicted octanol–water partition coefficient (Wildman–Crippen LogP) is 4.41. The molecule has 0 aliphatic rings. The van der Waals surface area contributed by atoms with Crippen LogP contribution in [0.15, 0.2) is 110 Å². The fourth-order valence-corrected chi connectivity index (χ4v) is 5.00. The van der Waals surface area contributed by atoms with Crippen LogP contribution in [0.3, 0.4) is 0 Å². The lowest BCUT2D eigenvalue weighted by Gasteiger charge is -2.24. The molecule has 3 atom stereocenters. The van der Waals surface area contributed by atoms with Crippen molar-refractivity contribution in [2.75, 3.05) is 33.0 Å². The number of benzene rings is 3. The molecule has 3 rings (SSSR count). The number of nitrogens with one attached hydrogen (secondary N) is 3. The van der Waals surface area contributed by atoms with Crippen molar-refractivity contribution in [3.8, 4) is 5.75 Å². The van der Waals surface area contributed by atoms with Crippen LogP contribution in [0.1, 0.15) is 36.0 Å². The minimum atomic E-state index is -1.07. The van der Waals surface area contributed by atoms with Gasteiger partial charge in [-0.25, -0.2) is 9.59 Å². The van der Waals surface area contributed by atoms with Crippen LogP contribution >= 0.6 is 0 Å². The molecule has 0 aromatic heterocycles. The third-order valence-electron chi connectivity index (χ3n) is 7.68. The van der Waals surface area contributed by atoms with Crippen molar-refractivity contribution in [2.45, 2.75) is 51.0 Å². The molecule has 12 heteroatoms. The summed E-state index contributed by atoms with van der Waals surface area (Å²) in [6, 6.07) is 24.5. The fraction of sp³-hybridized carbons (Fsp3) is 0.350. The molecule has 12 nitrogen and oxygen atoms in total. The summed E-state index contributed by atoms with van der Waals surface area (Å²) >= 11 is 0. The summed E-state index contributed by atoms with van der Waals surface area (Å²) in [5, 5.41) is 17.0. The second kappa shape index (κ2) is 23.9. The van der Waals surface area contributed by atoms with Crippen LogP contribution in [0.2, 0.25) is 0 Å². The van der Waals surface area contributed by atoms with Crippen LogP contribution in [0.5, 0.6) is 5.75 Å². The van der Waals surface area contributed by atoms with E-state index in [-0.39, 0.29) is 71.2 Å². The first-order valence-corrected chi connectivity index (χ1v) is 17.2. The lowest BCUT2D eigenvalue weighted by molar-refractivity contribution is -0.147. The van der Waals surface area contributed by atoms with Crippen LogP contribution < -0.4 is 20.7 Å². The van der Waals surface area contributed by atoms with Crippen LogP contribution in [-0.4, -0.2) is 74.0 Å². The SMILES string of the molecule is C=CC[C@H](CC(=O)NCCOCCO)C(=O)N[C@H](COC(=O)[C@@H](CC=C)NC(=O)OCc1ccccc1)Cc1ccc(OCc2ccccc2)cc1. The van der Waals surface area contributed by atoms with Gasteiger partial charge >= 0.3 is 12.1 Å². The van der Waals surface area contributed by atoms with Crippen molar-refractivity contribution in [1.29, 1.82) is 0 Å². The van der Waals surface area contributed by atoms with E-state index in [1.807, 2.05) is 84.9 Å². The van der Waals surface area contributed by atoms with Crippen LogP contribution in [0.25, 0.3) is 0 Å². The number of allylic oxidation sites excluding steroid dienone is 1. The summed E-state index contributed by atoms with van der Waals surface area (Å²) in [7, 11) is 0. The van der Waals surface area contributed by atoms with Crippen molar-refractivity contribution >= 4 is 23.9 Å². The molecule has 0 spiro atoms. The number of hydrogen-bond acceptors (Lipinski definition) is 9. The van der Waals surface area contributed by atoms with E-state index in [0.717, 1.165) is 16.7 Å². The first kappa shape index (κ1) is 41.0. The summed E-state index contributed by atoms with van der Waals surface area (Å²) in [5.74, 6) is -1.57. The number of hydrogen-bond donors (Lipinski definition) is 4. The van der Waals surface area contributed by atoms with Crippen LogP contribution in [-0.2, 0) is 48.2 Å². The van der Waals surface area contributed by atoms with Crippen molar-refractivity contribution in [3.63, 3.8) is 0 Å². The first-order chi connectivity index (χ1) is 25.3. The zero-order valence-corrected chi connectivity index (χ0v) is 29.4. The zero-order valence-electron chi connectivity index (χ0n) is 29.4. The molecule has 0 saturated heterocycles. The van der Waals surface area contributed by atoms with Gasteiger partial charge in [0.15, 0.2) is 0 Å². The van der Waals surface area contributed by atoms with Gasteiger partial charge < -0.3 is 40.0 Å². The fourth-order valence-electron chi connectivity index (χ4n) is 5.00. The van der Waals surface area contributed by atoms with Gasteiger partial charge in [-0.2, -0.15) is 0 Å². The van der Waals surface area contributed by atoms with E-state index in [9.17, 15) is 19.2 Å². The van der Waals surface area contributed by atoms with Gasteiger partial charge in [-0.15, -0.1) is 13.2 Å². The molecule has 3 amide bonds. The highest BCUT2D eigenvalue weighted by atomic mass is 16.6. The van der Waals surface area contributed by atoms with E-state index in [0.29, 0.717) is 12.4 Å². The molecular formula is C40H49N3O9. The van der Waals surface area contributed by atoms with Gasteiger partial charge in [-0.3, -0.25) is 9.59 Å². The third kappa shape index (κ3) is 16.0. The van der Waals surface area contributed by atoms with Crippen LogP contribution in [0, 0.1) is 5.92 Å². The highest BCUT2D eigenvalue weighted by molar-refractivity contribution is 5.86. The largest absolute Gasteiger partial charge is 0.489 e. The summed E-state index contributed by atoms with van der Waals surface area (Å²) in [6.07, 6.45) is 2.75. The minimum absolute atomic E-state index is 0.0219. The molecule has 0 aliphatic heterocycles. The van der Waals surface area contributed by atoms with Gasteiger partial charge in [0.2, 0.25) is 11.8 Å². The van der Waals surface area contributed by atoms with E-state index in [1.165, 1.54) is 6.08 Å². The summed E-state index contributed by atoms with van der Waals surface area (Å²) < 4.78 is 22.0. The summed E-state index contributed by atoms with van der Waals surface area (Å²) in [4.78, 5) is 51.9. The van der Waals surface area contributed by atoms with E-state index in [4.69, 9.17) is 24.1 Å². The van der Waals surface area contributed by atoms with Crippen molar-refractivity contribution in [1.82, 2.24) is 16.0 Å². The number of esters is 1. The molecule has 3 aromatic carbocycles. The van der Waals surface area contributed by atoms with E-state index < -0.39 is 36.0 Å². The Labute approximate surface area is 305 Å². The lowest BCUT2D eigenvalue weighted by atomic mass is 9.98. The number of aliphatic hydroxyl groups excluding tert-OH is 1. The second-order valence-corrected chi connectivity index (χ2v) is 11.9. The Morgan fingerprint density at radius 2 is 1.40 bits per heavy atom.